The van der Waals surface area contributed by atoms with Gasteiger partial charge in [-0.2, -0.15) is 0 Å². The molecule has 2 aromatic carbocycles. The number of aromatic nitrogens is 2. The molecule has 0 unspecified atom stereocenters. The predicted molar refractivity (Wildman–Crippen MR) is 99.1 cm³/mol. The van der Waals surface area contributed by atoms with Gasteiger partial charge in [-0.15, -0.1) is 0 Å². The van der Waals surface area contributed by atoms with Crippen LogP contribution in [0, 0.1) is 0 Å². The van der Waals surface area contributed by atoms with Crippen molar-refractivity contribution in [3.8, 4) is 22.5 Å². The normalized spacial score (nSPS) is 15.5. The maximum absolute atomic E-state index is 6.06. The zero-order valence-electron chi connectivity index (χ0n) is 13.7. The highest BCUT2D eigenvalue weighted by Gasteiger charge is 2.27. The maximum Gasteiger partial charge on any atom is 0.256 e. The van der Waals surface area contributed by atoms with E-state index in [1.807, 2.05) is 12.1 Å². The topological polar surface area (TPSA) is 29.9 Å². The average Bonchev–Trinajstić information content (AvgIpc) is 3.09. The van der Waals surface area contributed by atoms with Gasteiger partial charge in [0.05, 0.1) is 5.92 Å². The van der Waals surface area contributed by atoms with E-state index in [0.717, 1.165) is 16.3 Å². The first-order valence-corrected chi connectivity index (χ1v) is 9.15. The molecule has 2 N–H and O–H groups in total. The Morgan fingerprint density at radius 3 is 2.25 bits per heavy atom. The zero-order valence-corrected chi connectivity index (χ0v) is 14.4. The van der Waals surface area contributed by atoms with Crippen molar-refractivity contribution in [3.05, 3.63) is 65.4 Å². The lowest BCUT2D eigenvalue weighted by atomic mass is 9.89. The Bertz CT molecular complexity index is 800. The summed E-state index contributed by atoms with van der Waals surface area (Å²) in [6.45, 7) is 0. The number of aromatic amines is 2. The highest BCUT2D eigenvalue weighted by Crippen LogP contribution is 2.34. The Balaban J connectivity index is 1.80. The third kappa shape index (κ3) is 3.11. The van der Waals surface area contributed by atoms with Crippen LogP contribution in [0.25, 0.3) is 22.5 Å². The van der Waals surface area contributed by atoms with Crippen molar-refractivity contribution in [3.63, 3.8) is 0 Å². The predicted octanol–water partition coefficient (Wildman–Crippen LogP) is 5.86. The van der Waals surface area contributed by atoms with Crippen LogP contribution in [0.2, 0.25) is 5.02 Å². The molecule has 0 bridgehead atoms. The fourth-order valence-electron chi connectivity index (χ4n) is 3.68. The fourth-order valence-corrected chi connectivity index (χ4v) is 3.80. The molecule has 0 radical (unpaired) electrons. The van der Waals surface area contributed by atoms with Crippen LogP contribution < -0.4 is 4.98 Å². The lowest BCUT2D eigenvalue weighted by Gasteiger charge is -2.16. The van der Waals surface area contributed by atoms with Gasteiger partial charge in [-0.05, 0) is 37.1 Å². The Morgan fingerprint density at radius 2 is 1.54 bits per heavy atom. The molecule has 0 spiro atoms. The van der Waals surface area contributed by atoms with E-state index in [-0.39, 0.29) is 0 Å². The summed E-state index contributed by atoms with van der Waals surface area (Å²) in [6.07, 6.45) is 6.56. The molecule has 1 aliphatic rings. The molecular formula is C21H22ClN2+. The molecule has 4 rings (SSSR count). The summed E-state index contributed by atoms with van der Waals surface area (Å²) in [5.74, 6) is 1.88. The third-order valence-corrected chi connectivity index (χ3v) is 5.23. The molecule has 1 aromatic heterocycles. The number of halogens is 1. The second-order valence-corrected chi connectivity index (χ2v) is 7.06. The molecule has 2 nitrogen and oxygen atoms in total. The van der Waals surface area contributed by atoms with Crippen LogP contribution >= 0.6 is 11.6 Å². The molecule has 122 valence electrons. The van der Waals surface area contributed by atoms with Crippen molar-refractivity contribution in [1.29, 1.82) is 0 Å². The van der Waals surface area contributed by atoms with Crippen LogP contribution in [-0.2, 0) is 0 Å². The van der Waals surface area contributed by atoms with Crippen LogP contribution in [0.1, 0.15) is 43.8 Å². The summed E-state index contributed by atoms with van der Waals surface area (Å²) >= 11 is 6.06. The monoisotopic (exact) mass is 337 g/mol. The SMILES string of the molecule is Clc1ccc(-c2[nH]c(C3CCCCC3)[nH+]c2-c2ccccc2)cc1. The van der Waals surface area contributed by atoms with Gasteiger partial charge in [-0.25, -0.2) is 9.97 Å². The molecule has 1 fully saturated rings. The molecule has 1 heterocycles. The lowest BCUT2D eigenvalue weighted by molar-refractivity contribution is -0.379. The van der Waals surface area contributed by atoms with Gasteiger partial charge in [0.2, 0.25) is 0 Å². The summed E-state index contributed by atoms with van der Waals surface area (Å²) in [5, 5.41) is 0.767. The smallest absolute Gasteiger partial charge is 0.240 e. The highest BCUT2D eigenvalue weighted by atomic mass is 35.5. The van der Waals surface area contributed by atoms with Crippen molar-refractivity contribution in [2.75, 3.05) is 0 Å². The Hall–Kier alpha value is -2.06. The van der Waals surface area contributed by atoms with Gasteiger partial charge in [0, 0.05) is 16.1 Å². The first-order valence-electron chi connectivity index (χ1n) is 8.78. The average molecular weight is 338 g/mol. The first-order chi connectivity index (χ1) is 11.8. The van der Waals surface area contributed by atoms with E-state index >= 15 is 0 Å². The number of hydrogen-bond donors (Lipinski definition) is 1. The van der Waals surface area contributed by atoms with E-state index in [4.69, 9.17) is 11.6 Å². The summed E-state index contributed by atoms with van der Waals surface area (Å²) in [5.41, 5.74) is 4.69. The minimum atomic E-state index is 0.613. The van der Waals surface area contributed by atoms with E-state index in [0.29, 0.717) is 5.92 Å². The number of nitrogens with one attached hydrogen (secondary N) is 2. The van der Waals surface area contributed by atoms with E-state index in [1.165, 1.54) is 49.2 Å². The Morgan fingerprint density at radius 1 is 0.833 bits per heavy atom. The molecule has 0 atom stereocenters. The Kier molecular flexibility index (Phi) is 4.40. The van der Waals surface area contributed by atoms with Crippen LogP contribution in [0.4, 0.5) is 0 Å². The maximum atomic E-state index is 6.06. The molecule has 3 heteroatoms. The number of benzene rings is 2. The first kappa shape index (κ1) is 15.5. The summed E-state index contributed by atoms with van der Waals surface area (Å²) < 4.78 is 0. The van der Waals surface area contributed by atoms with Crippen molar-refractivity contribution < 1.29 is 4.98 Å². The second kappa shape index (κ2) is 6.82. The van der Waals surface area contributed by atoms with Crippen molar-refractivity contribution in [2.45, 2.75) is 38.0 Å². The van der Waals surface area contributed by atoms with Crippen LogP contribution in [0.5, 0.6) is 0 Å². The van der Waals surface area contributed by atoms with Gasteiger partial charge in [0.25, 0.3) is 5.82 Å². The molecular weight excluding hydrogens is 316 g/mol. The third-order valence-electron chi connectivity index (χ3n) is 4.98. The summed E-state index contributed by atoms with van der Waals surface area (Å²) in [4.78, 5) is 7.38. The molecule has 1 aliphatic carbocycles. The number of rotatable bonds is 3. The van der Waals surface area contributed by atoms with E-state index in [1.54, 1.807) is 0 Å². The van der Waals surface area contributed by atoms with Gasteiger partial charge in [0.1, 0.15) is 0 Å². The van der Waals surface area contributed by atoms with E-state index in [2.05, 4.69) is 52.4 Å². The van der Waals surface area contributed by atoms with Gasteiger partial charge < -0.3 is 0 Å². The van der Waals surface area contributed by atoms with Gasteiger partial charge in [-0.3, -0.25) is 0 Å². The number of H-pyrrole nitrogens is 2. The lowest BCUT2D eigenvalue weighted by Crippen LogP contribution is -2.16. The molecule has 24 heavy (non-hydrogen) atoms. The minimum Gasteiger partial charge on any atom is -0.240 e. The van der Waals surface area contributed by atoms with Crippen molar-refractivity contribution >= 4 is 11.6 Å². The van der Waals surface area contributed by atoms with Gasteiger partial charge >= 0.3 is 0 Å². The molecule has 0 aliphatic heterocycles. The molecule has 1 saturated carbocycles. The second-order valence-electron chi connectivity index (χ2n) is 6.62. The highest BCUT2D eigenvalue weighted by molar-refractivity contribution is 6.30. The molecule has 0 saturated heterocycles. The van der Waals surface area contributed by atoms with Crippen LogP contribution in [0.3, 0.4) is 0 Å². The quantitative estimate of drug-likeness (QED) is 0.620. The zero-order chi connectivity index (χ0) is 16.4. The summed E-state index contributed by atoms with van der Waals surface area (Å²) in [7, 11) is 0. The summed E-state index contributed by atoms with van der Waals surface area (Å²) in [6, 6.07) is 18.6. The van der Waals surface area contributed by atoms with Crippen LogP contribution in [0.15, 0.2) is 54.6 Å². The fraction of sp³-hybridized carbons (Fsp3) is 0.286. The van der Waals surface area contributed by atoms with Gasteiger partial charge in [0.15, 0.2) is 11.4 Å². The van der Waals surface area contributed by atoms with Crippen LogP contribution in [-0.4, -0.2) is 4.98 Å². The standard InChI is InChI=1S/C21H21ClN2/c22-18-13-11-16(12-14-18)20-19(15-7-3-1-4-8-15)23-21(24-20)17-9-5-2-6-10-17/h1,3-4,7-8,11-14,17H,2,5-6,9-10H2,(H,23,24)/p+1. The molecule has 0 amide bonds. The largest absolute Gasteiger partial charge is 0.256 e. The van der Waals surface area contributed by atoms with Crippen molar-refractivity contribution in [1.82, 2.24) is 4.98 Å². The van der Waals surface area contributed by atoms with E-state index in [9.17, 15) is 0 Å². The minimum absolute atomic E-state index is 0.613. The Labute approximate surface area is 147 Å². The number of imidazole rings is 1. The van der Waals surface area contributed by atoms with Crippen molar-refractivity contribution in [2.24, 2.45) is 0 Å². The molecule has 3 aromatic rings. The van der Waals surface area contributed by atoms with Gasteiger partial charge in [-0.1, -0.05) is 61.2 Å². The number of hydrogen-bond acceptors (Lipinski definition) is 0. The van der Waals surface area contributed by atoms with E-state index < -0.39 is 0 Å².